The van der Waals surface area contributed by atoms with Crippen LogP contribution in [0.4, 0.5) is 14.5 Å². The van der Waals surface area contributed by atoms with E-state index in [0.717, 1.165) is 0 Å². The van der Waals surface area contributed by atoms with Crippen LogP contribution < -0.4 is 15.4 Å². The van der Waals surface area contributed by atoms with Crippen LogP contribution in [-0.4, -0.2) is 94.2 Å². The molecule has 5 rings (SSSR count). The minimum absolute atomic E-state index is 0.0633. The van der Waals surface area contributed by atoms with E-state index in [9.17, 15) is 28.3 Å². The molecule has 2 fully saturated rings. The molecular formula is C30H33ClF2N6O5. The van der Waals surface area contributed by atoms with Crippen molar-refractivity contribution in [2.45, 2.75) is 24.9 Å². The molecule has 3 N–H and O–H groups in total. The average molecular weight is 631 g/mol. The Morgan fingerprint density at radius 1 is 1.07 bits per heavy atom. The van der Waals surface area contributed by atoms with Gasteiger partial charge in [0.05, 0.1) is 41.6 Å². The van der Waals surface area contributed by atoms with Gasteiger partial charge in [-0.1, -0.05) is 11.6 Å². The minimum Gasteiger partial charge on any atom is -0.494 e. The van der Waals surface area contributed by atoms with E-state index in [1.807, 2.05) is 0 Å². The van der Waals surface area contributed by atoms with E-state index in [1.165, 1.54) is 55.3 Å². The maximum Gasteiger partial charge on any atom is 0.291 e. The van der Waals surface area contributed by atoms with Gasteiger partial charge in [-0.15, -0.1) is 0 Å². The Morgan fingerprint density at radius 2 is 1.75 bits per heavy atom. The Hall–Kier alpha value is -4.07. The molecule has 0 radical (unpaired) electrons. The number of imidazole rings is 1. The number of aliphatic hydroxyl groups is 1. The fourth-order valence-corrected chi connectivity index (χ4v) is 5.76. The molecule has 0 spiro atoms. The molecule has 2 aromatic carbocycles. The zero-order chi connectivity index (χ0) is 31.6. The van der Waals surface area contributed by atoms with Crippen molar-refractivity contribution < 1.29 is 33.0 Å². The van der Waals surface area contributed by atoms with Crippen molar-refractivity contribution in [3.8, 4) is 17.0 Å². The predicted octanol–water partition coefficient (Wildman–Crippen LogP) is 3.07. The summed E-state index contributed by atoms with van der Waals surface area (Å²) >= 11 is 6.44. The number of nitrogens with one attached hydrogen (secondary N) is 2. The first kappa shape index (κ1) is 31.4. The molecule has 2 aliphatic heterocycles. The predicted molar refractivity (Wildman–Crippen MR) is 159 cm³/mol. The summed E-state index contributed by atoms with van der Waals surface area (Å²) in [6.45, 7) is 2.69. The molecule has 0 unspecified atom stereocenters. The number of carbonyl (C=O) groups is 3. The number of benzene rings is 2. The van der Waals surface area contributed by atoms with E-state index in [4.69, 9.17) is 16.3 Å². The second-order valence-electron chi connectivity index (χ2n) is 10.9. The highest BCUT2D eigenvalue weighted by atomic mass is 35.5. The first-order chi connectivity index (χ1) is 21.0. The molecule has 0 atom stereocenters. The Morgan fingerprint density at radius 3 is 2.41 bits per heavy atom. The lowest BCUT2D eigenvalue weighted by Crippen LogP contribution is -2.53. The number of piperazine rings is 1. The number of nitrogens with zero attached hydrogens (tertiary/aromatic N) is 4. The summed E-state index contributed by atoms with van der Waals surface area (Å²) in [5, 5.41) is 16.7. The monoisotopic (exact) mass is 630 g/mol. The highest BCUT2D eigenvalue weighted by molar-refractivity contribution is 6.34. The van der Waals surface area contributed by atoms with Gasteiger partial charge in [0, 0.05) is 44.5 Å². The number of anilines is 1. The van der Waals surface area contributed by atoms with Crippen LogP contribution in [0.2, 0.25) is 5.02 Å². The van der Waals surface area contributed by atoms with Crippen LogP contribution in [0.5, 0.6) is 5.75 Å². The van der Waals surface area contributed by atoms with Gasteiger partial charge in [0.25, 0.3) is 11.8 Å². The number of amides is 3. The number of aromatic nitrogens is 2. The fraction of sp³-hybridized carbons (Fsp3) is 0.400. The number of carbonyl (C=O) groups excluding carboxylic acids is 3. The summed E-state index contributed by atoms with van der Waals surface area (Å²) in [4.78, 5) is 46.4. The Bertz CT molecular complexity index is 1580. The lowest BCUT2D eigenvalue weighted by molar-refractivity contribution is -0.139. The Balaban J connectivity index is 1.20. The Labute approximate surface area is 257 Å². The molecule has 44 heavy (non-hydrogen) atoms. The van der Waals surface area contributed by atoms with E-state index in [-0.39, 0.29) is 51.7 Å². The number of ether oxygens (including phenoxy) is 1. The van der Waals surface area contributed by atoms with Crippen LogP contribution in [0, 0.1) is 11.6 Å². The van der Waals surface area contributed by atoms with Gasteiger partial charge in [-0.05, 0) is 56.3 Å². The summed E-state index contributed by atoms with van der Waals surface area (Å²) in [5.74, 6) is -3.64. The number of halogens is 3. The van der Waals surface area contributed by atoms with Gasteiger partial charge in [-0.3, -0.25) is 14.4 Å². The van der Waals surface area contributed by atoms with E-state index < -0.39 is 23.1 Å². The Kier molecular flexibility index (Phi) is 9.18. The fourth-order valence-electron chi connectivity index (χ4n) is 5.50. The molecule has 3 aromatic rings. The van der Waals surface area contributed by atoms with Gasteiger partial charge in [0.1, 0.15) is 0 Å². The van der Waals surface area contributed by atoms with Crippen LogP contribution in [-0.2, 0) is 11.8 Å². The van der Waals surface area contributed by atoms with Gasteiger partial charge in [0.2, 0.25) is 11.7 Å². The molecule has 2 saturated heterocycles. The standard InChI is InChI=1S/C30H33ClF2N6O5/c1-37-22(20-5-6-23(44-2)26(33)25(20)32)17-35-27(37)28(41)36-18-3-4-19(21(31)15-18)29(42)39-13-11-38(12-14-39)24(40)16-30(43)7-9-34-10-8-30/h3-6,15,17,34,43H,7-14,16H2,1-2H3,(H,36,41). The van der Waals surface area contributed by atoms with Gasteiger partial charge >= 0.3 is 0 Å². The average Bonchev–Trinajstić information content (AvgIpc) is 3.39. The van der Waals surface area contributed by atoms with Crippen molar-refractivity contribution in [2.24, 2.45) is 7.05 Å². The molecule has 3 amide bonds. The van der Waals surface area contributed by atoms with Crippen molar-refractivity contribution in [2.75, 3.05) is 51.7 Å². The SMILES string of the molecule is COc1ccc(-c2cnc(C(=O)Nc3ccc(C(=O)N4CCN(C(=O)CC5(O)CCNCC5)CC4)c(Cl)c3)n2C)c(F)c1F. The van der Waals surface area contributed by atoms with Gasteiger partial charge in [-0.25, -0.2) is 9.37 Å². The number of hydrogen-bond acceptors (Lipinski definition) is 7. The first-order valence-corrected chi connectivity index (χ1v) is 14.5. The largest absolute Gasteiger partial charge is 0.494 e. The van der Waals surface area contributed by atoms with Crippen molar-refractivity contribution in [1.82, 2.24) is 24.7 Å². The topological polar surface area (TPSA) is 129 Å². The second kappa shape index (κ2) is 12.9. The van der Waals surface area contributed by atoms with E-state index in [1.54, 1.807) is 9.80 Å². The third-order valence-electron chi connectivity index (χ3n) is 8.13. The zero-order valence-electron chi connectivity index (χ0n) is 24.3. The zero-order valence-corrected chi connectivity index (χ0v) is 25.1. The second-order valence-corrected chi connectivity index (χ2v) is 11.3. The molecular weight excluding hydrogens is 598 g/mol. The molecule has 3 heterocycles. The van der Waals surface area contributed by atoms with Crippen molar-refractivity contribution in [3.63, 3.8) is 0 Å². The summed E-state index contributed by atoms with van der Waals surface area (Å²) in [7, 11) is 2.73. The molecule has 234 valence electrons. The number of hydrogen-bond donors (Lipinski definition) is 3. The molecule has 1 aromatic heterocycles. The first-order valence-electron chi connectivity index (χ1n) is 14.2. The third-order valence-corrected chi connectivity index (χ3v) is 8.44. The molecule has 2 aliphatic rings. The van der Waals surface area contributed by atoms with Crippen LogP contribution >= 0.6 is 11.6 Å². The molecule has 0 saturated carbocycles. The van der Waals surface area contributed by atoms with Gasteiger partial charge < -0.3 is 34.8 Å². The maximum atomic E-state index is 14.6. The van der Waals surface area contributed by atoms with E-state index in [2.05, 4.69) is 15.6 Å². The molecule has 0 aliphatic carbocycles. The third kappa shape index (κ3) is 6.40. The summed E-state index contributed by atoms with van der Waals surface area (Å²) in [6.07, 6.45) is 2.38. The van der Waals surface area contributed by atoms with Crippen LogP contribution in [0.1, 0.15) is 40.2 Å². The minimum atomic E-state index is -1.15. The quantitative estimate of drug-likeness (QED) is 0.366. The number of rotatable bonds is 7. The summed E-state index contributed by atoms with van der Waals surface area (Å²) in [5.41, 5.74) is -0.365. The van der Waals surface area contributed by atoms with Crippen molar-refractivity contribution >= 4 is 35.0 Å². The normalized spacial score (nSPS) is 16.5. The van der Waals surface area contributed by atoms with Crippen molar-refractivity contribution in [1.29, 1.82) is 0 Å². The van der Waals surface area contributed by atoms with Gasteiger partial charge in [0.15, 0.2) is 17.4 Å². The highest BCUT2D eigenvalue weighted by Gasteiger charge is 2.35. The number of piperidine rings is 1. The lowest BCUT2D eigenvalue weighted by atomic mass is 9.88. The lowest BCUT2D eigenvalue weighted by Gasteiger charge is -2.38. The van der Waals surface area contributed by atoms with Crippen LogP contribution in [0.25, 0.3) is 11.3 Å². The van der Waals surface area contributed by atoms with E-state index >= 15 is 0 Å². The molecule has 11 nitrogen and oxygen atoms in total. The smallest absolute Gasteiger partial charge is 0.291 e. The maximum absolute atomic E-state index is 14.6. The molecule has 0 bridgehead atoms. The summed E-state index contributed by atoms with van der Waals surface area (Å²) < 4.78 is 35.0. The van der Waals surface area contributed by atoms with E-state index in [0.29, 0.717) is 57.8 Å². The summed E-state index contributed by atoms with van der Waals surface area (Å²) in [6, 6.07) is 7.09. The van der Waals surface area contributed by atoms with Crippen molar-refractivity contribution in [3.05, 3.63) is 64.6 Å². The molecule has 14 heteroatoms. The number of methoxy groups -OCH3 is 1. The van der Waals surface area contributed by atoms with Crippen LogP contribution in [0.15, 0.2) is 36.5 Å². The van der Waals surface area contributed by atoms with Crippen LogP contribution in [0.3, 0.4) is 0 Å². The highest BCUT2D eigenvalue weighted by Crippen LogP contribution is 2.30. The van der Waals surface area contributed by atoms with Gasteiger partial charge in [-0.2, -0.15) is 4.39 Å².